The van der Waals surface area contributed by atoms with Crippen molar-refractivity contribution in [2.24, 2.45) is 0 Å². The summed E-state index contributed by atoms with van der Waals surface area (Å²) in [5.74, 6) is 0. The van der Waals surface area contributed by atoms with Crippen LogP contribution in [-0.4, -0.2) is 61.7 Å². The summed E-state index contributed by atoms with van der Waals surface area (Å²) in [6, 6.07) is 0. The molecule has 0 radical (unpaired) electrons. The Morgan fingerprint density at radius 1 is 1.00 bits per heavy atom. The Labute approximate surface area is 106 Å². The van der Waals surface area contributed by atoms with Gasteiger partial charge in [0, 0.05) is 32.8 Å². The van der Waals surface area contributed by atoms with Crippen LogP contribution in [0.5, 0.6) is 0 Å². The van der Waals surface area contributed by atoms with Gasteiger partial charge in [0.15, 0.2) is 0 Å². The number of ether oxygens (including phenoxy) is 2. The highest BCUT2D eigenvalue weighted by Gasteiger charge is 2.21. The van der Waals surface area contributed by atoms with Crippen molar-refractivity contribution in [2.75, 3.05) is 46.1 Å². The van der Waals surface area contributed by atoms with Crippen LogP contribution in [0.2, 0.25) is 0 Å². The molecule has 0 aromatic carbocycles. The van der Waals surface area contributed by atoms with E-state index in [-0.39, 0.29) is 0 Å². The number of aliphatic hydroxyl groups is 1. The average molecular weight is 247 g/mol. The van der Waals surface area contributed by atoms with Gasteiger partial charge < -0.3 is 14.6 Å². The van der Waals surface area contributed by atoms with E-state index in [1.54, 1.807) is 0 Å². The Kier molecular flexibility index (Phi) is 9.74. The third-order valence-corrected chi connectivity index (χ3v) is 2.84. The van der Waals surface area contributed by atoms with Gasteiger partial charge in [0.2, 0.25) is 0 Å². The fourth-order valence-corrected chi connectivity index (χ4v) is 1.54. The average Bonchev–Trinajstić information content (AvgIpc) is 2.29. The predicted octanol–water partition coefficient (Wildman–Crippen LogP) is 1.52. The lowest BCUT2D eigenvalue weighted by Gasteiger charge is -2.30. The maximum atomic E-state index is 10.1. The van der Waals surface area contributed by atoms with Gasteiger partial charge in [-0.05, 0) is 27.2 Å². The molecule has 104 valence electrons. The lowest BCUT2D eigenvalue weighted by Crippen LogP contribution is -2.43. The zero-order valence-corrected chi connectivity index (χ0v) is 11.9. The minimum Gasteiger partial charge on any atom is -0.389 e. The lowest BCUT2D eigenvalue weighted by molar-refractivity contribution is -0.00165. The molecule has 0 bridgehead atoms. The zero-order valence-electron chi connectivity index (χ0n) is 11.9. The largest absolute Gasteiger partial charge is 0.389 e. The van der Waals surface area contributed by atoms with Crippen LogP contribution in [0.1, 0.15) is 34.1 Å². The van der Waals surface area contributed by atoms with E-state index in [0.29, 0.717) is 19.8 Å². The van der Waals surface area contributed by atoms with Crippen molar-refractivity contribution in [1.82, 2.24) is 4.90 Å². The molecule has 4 heteroatoms. The van der Waals surface area contributed by atoms with Gasteiger partial charge in [-0.25, -0.2) is 0 Å². The molecular formula is C13H29NO3. The first-order chi connectivity index (χ1) is 8.05. The van der Waals surface area contributed by atoms with Crippen molar-refractivity contribution in [3.63, 3.8) is 0 Å². The van der Waals surface area contributed by atoms with Gasteiger partial charge >= 0.3 is 0 Å². The summed E-state index contributed by atoms with van der Waals surface area (Å²) >= 11 is 0. The fraction of sp³-hybridized carbons (Fsp3) is 1.00. The van der Waals surface area contributed by atoms with Gasteiger partial charge in [0.25, 0.3) is 0 Å². The van der Waals surface area contributed by atoms with E-state index in [2.05, 4.69) is 4.90 Å². The van der Waals surface area contributed by atoms with Crippen LogP contribution in [0.4, 0.5) is 0 Å². The Balaban J connectivity index is 4.00. The maximum absolute atomic E-state index is 10.1. The van der Waals surface area contributed by atoms with Crippen molar-refractivity contribution >= 4 is 0 Å². The molecule has 0 aliphatic carbocycles. The summed E-state index contributed by atoms with van der Waals surface area (Å²) < 4.78 is 10.7. The standard InChI is InChI=1S/C13H29NO3/c1-5-13(4,15)12-14(8-10-16-6-2)9-11-17-7-3/h15H,5-12H2,1-4H3. The molecule has 0 fully saturated rings. The monoisotopic (exact) mass is 247 g/mol. The number of nitrogens with zero attached hydrogens (tertiary/aromatic N) is 1. The van der Waals surface area contributed by atoms with Gasteiger partial charge in [-0.15, -0.1) is 0 Å². The Bertz CT molecular complexity index is 164. The van der Waals surface area contributed by atoms with Crippen LogP contribution >= 0.6 is 0 Å². The Morgan fingerprint density at radius 2 is 1.47 bits per heavy atom. The van der Waals surface area contributed by atoms with Crippen molar-refractivity contribution in [3.05, 3.63) is 0 Å². The summed E-state index contributed by atoms with van der Waals surface area (Å²) in [6.07, 6.45) is 0.757. The van der Waals surface area contributed by atoms with Crippen LogP contribution in [0.25, 0.3) is 0 Å². The topological polar surface area (TPSA) is 41.9 Å². The van der Waals surface area contributed by atoms with E-state index in [4.69, 9.17) is 9.47 Å². The molecule has 17 heavy (non-hydrogen) atoms. The van der Waals surface area contributed by atoms with Crippen LogP contribution < -0.4 is 0 Å². The minimum atomic E-state index is -0.627. The van der Waals surface area contributed by atoms with Crippen molar-refractivity contribution in [2.45, 2.75) is 39.7 Å². The first-order valence-corrected chi connectivity index (χ1v) is 6.66. The van der Waals surface area contributed by atoms with E-state index in [9.17, 15) is 5.11 Å². The lowest BCUT2D eigenvalue weighted by atomic mass is 10.0. The summed E-state index contributed by atoms with van der Waals surface area (Å²) in [5.41, 5.74) is -0.627. The predicted molar refractivity (Wildman–Crippen MR) is 70.3 cm³/mol. The van der Waals surface area contributed by atoms with Gasteiger partial charge in [0.05, 0.1) is 18.8 Å². The van der Waals surface area contributed by atoms with Gasteiger partial charge in [-0.3, -0.25) is 4.90 Å². The highest BCUT2D eigenvalue weighted by atomic mass is 16.5. The van der Waals surface area contributed by atoms with Crippen LogP contribution in [0.15, 0.2) is 0 Å². The second kappa shape index (κ2) is 9.83. The smallest absolute Gasteiger partial charge is 0.0743 e. The summed E-state index contributed by atoms with van der Waals surface area (Å²) in [6.45, 7) is 13.1. The summed E-state index contributed by atoms with van der Waals surface area (Å²) in [4.78, 5) is 2.20. The van der Waals surface area contributed by atoms with Crippen LogP contribution in [0, 0.1) is 0 Å². The van der Waals surface area contributed by atoms with E-state index in [0.717, 1.165) is 32.7 Å². The highest BCUT2D eigenvalue weighted by molar-refractivity contribution is 4.75. The van der Waals surface area contributed by atoms with Gasteiger partial charge in [-0.1, -0.05) is 6.92 Å². The van der Waals surface area contributed by atoms with Crippen molar-refractivity contribution in [3.8, 4) is 0 Å². The third-order valence-electron chi connectivity index (χ3n) is 2.84. The molecule has 0 aromatic heterocycles. The SMILES string of the molecule is CCOCCN(CCOCC)CC(C)(O)CC. The van der Waals surface area contributed by atoms with E-state index in [1.165, 1.54) is 0 Å². The number of rotatable bonds is 11. The maximum Gasteiger partial charge on any atom is 0.0743 e. The molecule has 0 aromatic rings. The molecule has 0 aliphatic heterocycles. The fourth-order valence-electron chi connectivity index (χ4n) is 1.54. The van der Waals surface area contributed by atoms with Gasteiger partial charge in [-0.2, -0.15) is 0 Å². The molecule has 4 nitrogen and oxygen atoms in total. The normalized spacial score (nSPS) is 15.2. The van der Waals surface area contributed by atoms with Crippen molar-refractivity contribution in [1.29, 1.82) is 0 Å². The summed E-state index contributed by atoms with van der Waals surface area (Å²) in [5, 5.41) is 10.1. The minimum absolute atomic E-state index is 0.627. The van der Waals surface area contributed by atoms with E-state index < -0.39 is 5.60 Å². The molecule has 1 unspecified atom stereocenters. The second-order valence-corrected chi connectivity index (χ2v) is 4.52. The molecule has 0 spiro atoms. The second-order valence-electron chi connectivity index (χ2n) is 4.52. The Hall–Kier alpha value is -0.160. The molecule has 1 N–H and O–H groups in total. The van der Waals surface area contributed by atoms with E-state index >= 15 is 0 Å². The molecule has 0 saturated carbocycles. The zero-order chi connectivity index (χ0) is 13.1. The molecular weight excluding hydrogens is 218 g/mol. The highest BCUT2D eigenvalue weighted by Crippen LogP contribution is 2.10. The molecule has 0 heterocycles. The summed E-state index contributed by atoms with van der Waals surface area (Å²) in [7, 11) is 0. The molecule has 0 amide bonds. The van der Waals surface area contributed by atoms with Crippen molar-refractivity contribution < 1.29 is 14.6 Å². The number of hydrogen-bond donors (Lipinski definition) is 1. The van der Waals surface area contributed by atoms with Crippen LogP contribution in [-0.2, 0) is 9.47 Å². The first-order valence-electron chi connectivity index (χ1n) is 6.66. The molecule has 1 atom stereocenters. The van der Waals surface area contributed by atoms with E-state index in [1.807, 2.05) is 27.7 Å². The molecule has 0 aliphatic rings. The molecule has 0 rings (SSSR count). The number of hydrogen-bond acceptors (Lipinski definition) is 4. The van der Waals surface area contributed by atoms with Crippen LogP contribution in [0.3, 0.4) is 0 Å². The Morgan fingerprint density at radius 3 is 1.82 bits per heavy atom. The first kappa shape index (κ1) is 16.8. The molecule has 0 saturated heterocycles. The quantitative estimate of drug-likeness (QED) is 0.562. The van der Waals surface area contributed by atoms with Gasteiger partial charge in [0.1, 0.15) is 0 Å². The third kappa shape index (κ3) is 9.53.